The van der Waals surface area contributed by atoms with Crippen molar-refractivity contribution >= 4 is 32.8 Å². The van der Waals surface area contributed by atoms with E-state index >= 15 is 0 Å². The topological polar surface area (TPSA) is 76.2 Å². The summed E-state index contributed by atoms with van der Waals surface area (Å²) >= 11 is 3.48. The van der Waals surface area contributed by atoms with E-state index in [9.17, 15) is 4.79 Å². The molecular formula is C14H15BrN2O2. The van der Waals surface area contributed by atoms with E-state index in [-0.39, 0.29) is 18.4 Å². The fourth-order valence-electron chi connectivity index (χ4n) is 2.23. The molecule has 1 aromatic heterocycles. The summed E-state index contributed by atoms with van der Waals surface area (Å²) in [6, 6.07) is 7.37. The van der Waals surface area contributed by atoms with Crippen LogP contribution in [-0.2, 0) is 4.79 Å². The lowest BCUT2D eigenvalue weighted by atomic mass is 9.88. The highest BCUT2D eigenvalue weighted by molar-refractivity contribution is 9.10. The molecule has 0 spiro atoms. The Hall–Kier alpha value is -1.46. The first kappa shape index (κ1) is 14.0. The van der Waals surface area contributed by atoms with E-state index in [0.29, 0.717) is 0 Å². The fraction of sp³-hybridized carbons (Fsp3) is 0.286. The van der Waals surface area contributed by atoms with Crippen molar-refractivity contribution in [2.45, 2.75) is 25.3 Å². The van der Waals surface area contributed by atoms with Gasteiger partial charge in [0.1, 0.15) is 0 Å². The van der Waals surface area contributed by atoms with Gasteiger partial charge >= 0.3 is 5.97 Å². The number of carboxylic acids is 1. The zero-order valence-corrected chi connectivity index (χ0v) is 12.1. The van der Waals surface area contributed by atoms with E-state index in [1.807, 2.05) is 31.2 Å². The monoisotopic (exact) mass is 322 g/mol. The van der Waals surface area contributed by atoms with Gasteiger partial charge in [0.2, 0.25) is 0 Å². The molecule has 2 rings (SSSR count). The van der Waals surface area contributed by atoms with Crippen LogP contribution in [0.5, 0.6) is 0 Å². The Morgan fingerprint density at radius 3 is 2.84 bits per heavy atom. The van der Waals surface area contributed by atoms with Crippen LogP contribution in [-0.4, -0.2) is 22.1 Å². The van der Waals surface area contributed by atoms with Crippen molar-refractivity contribution in [1.29, 1.82) is 0 Å². The molecule has 0 aliphatic heterocycles. The quantitative estimate of drug-likeness (QED) is 0.907. The average Bonchev–Trinajstić information content (AvgIpc) is 2.37. The number of aromatic nitrogens is 1. The van der Waals surface area contributed by atoms with Gasteiger partial charge in [-0.1, -0.05) is 28.1 Å². The number of nitrogens with zero attached hydrogens (tertiary/aromatic N) is 1. The molecule has 4 nitrogen and oxygen atoms in total. The highest BCUT2D eigenvalue weighted by Gasteiger charge is 2.22. The second-order valence-electron chi connectivity index (χ2n) is 4.60. The van der Waals surface area contributed by atoms with Gasteiger partial charge in [-0.25, -0.2) is 0 Å². The van der Waals surface area contributed by atoms with Crippen molar-refractivity contribution in [1.82, 2.24) is 4.98 Å². The lowest BCUT2D eigenvalue weighted by molar-refractivity contribution is -0.137. The fourth-order valence-corrected chi connectivity index (χ4v) is 2.68. The molecule has 0 fully saturated rings. The van der Waals surface area contributed by atoms with Crippen LogP contribution in [0.3, 0.4) is 0 Å². The van der Waals surface area contributed by atoms with Crippen molar-refractivity contribution in [2.24, 2.45) is 5.73 Å². The summed E-state index contributed by atoms with van der Waals surface area (Å²) in [5, 5.41) is 10.0. The Balaban J connectivity index is 2.60. The summed E-state index contributed by atoms with van der Waals surface area (Å²) in [4.78, 5) is 15.4. The lowest BCUT2D eigenvalue weighted by Gasteiger charge is -2.21. The highest BCUT2D eigenvalue weighted by atomic mass is 79.9. The second kappa shape index (κ2) is 5.67. The zero-order valence-electron chi connectivity index (χ0n) is 10.5. The molecule has 100 valence electrons. The number of halogens is 1. The first-order valence-corrected chi connectivity index (χ1v) is 6.80. The van der Waals surface area contributed by atoms with E-state index in [0.717, 1.165) is 20.9 Å². The summed E-state index contributed by atoms with van der Waals surface area (Å²) in [6.45, 7) is 1.82. The van der Waals surface area contributed by atoms with Gasteiger partial charge in [-0.05, 0) is 24.6 Å². The van der Waals surface area contributed by atoms with Crippen molar-refractivity contribution in [3.63, 3.8) is 0 Å². The summed E-state index contributed by atoms with van der Waals surface area (Å²) in [5.41, 5.74) is 7.63. The summed E-state index contributed by atoms with van der Waals surface area (Å²) in [6.07, 6.45) is 1.71. The van der Waals surface area contributed by atoms with Gasteiger partial charge in [0.25, 0.3) is 0 Å². The molecular weight excluding hydrogens is 308 g/mol. The largest absolute Gasteiger partial charge is 0.481 e. The summed E-state index contributed by atoms with van der Waals surface area (Å²) in [7, 11) is 0. The van der Waals surface area contributed by atoms with E-state index in [1.165, 1.54) is 0 Å². The molecule has 1 heterocycles. The first-order chi connectivity index (χ1) is 9.00. The smallest absolute Gasteiger partial charge is 0.304 e. The number of carbonyl (C=O) groups is 1. The number of nitrogens with two attached hydrogens (primary N) is 1. The predicted octanol–water partition coefficient (Wildman–Crippen LogP) is 2.90. The second-order valence-corrected chi connectivity index (χ2v) is 5.45. The highest BCUT2D eigenvalue weighted by Crippen LogP contribution is 2.32. The van der Waals surface area contributed by atoms with E-state index in [2.05, 4.69) is 20.9 Å². The number of benzene rings is 1. The van der Waals surface area contributed by atoms with Gasteiger partial charge in [0.05, 0.1) is 11.9 Å². The number of carboxylic acid groups (broad SMARTS) is 1. The average molecular weight is 323 g/mol. The van der Waals surface area contributed by atoms with Crippen LogP contribution in [0.1, 0.15) is 24.8 Å². The molecule has 0 aliphatic rings. The normalized spacial score (nSPS) is 14.3. The van der Waals surface area contributed by atoms with E-state index in [1.54, 1.807) is 6.20 Å². The minimum absolute atomic E-state index is 0.00493. The number of rotatable bonds is 4. The molecule has 0 aliphatic carbocycles. The SMILES string of the molecule is CC(N)C(CC(=O)O)c1ccc(Br)c2cccnc12. The van der Waals surface area contributed by atoms with Gasteiger partial charge in [-0.2, -0.15) is 0 Å². The van der Waals surface area contributed by atoms with Crippen LogP contribution in [0.25, 0.3) is 10.9 Å². The molecule has 0 saturated carbocycles. The van der Waals surface area contributed by atoms with Crippen molar-refractivity contribution in [3.05, 3.63) is 40.5 Å². The third kappa shape index (κ3) is 2.93. The van der Waals surface area contributed by atoms with Crippen LogP contribution in [0.4, 0.5) is 0 Å². The lowest BCUT2D eigenvalue weighted by Crippen LogP contribution is -2.27. The minimum atomic E-state index is -0.853. The Bertz CT molecular complexity index is 613. The first-order valence-electron chi connectivity index (χ1n) is 6.01. The molecule has 2 aromatic rings. The van der Waals surface area contributed by atoms with Gasteiger partial charge < -0.3 is 10.8 Å². The van der Waals surface area contributed by atoms with E-state index < -0.39 is 5.97 Å². The molecule has 2 unspecified atom stereocenters. The van der Waals surface area contributed by atoms with Crippen molar-refractivity contribution in [2.75, 3.05) is 0 Å². The Labute approximate surface area is 119 Å². The minimum Gasteiger partial charge on any atom is -0.481 e. The number of fused-ring (bicyclic) bond motifs is 1. The summed E-state index contributed by atoms with van der Waals surface area (Å²) in [5.74, 6) is -1.10. The molecule has 0 amide bonds. The molecule has 19 heavy (non-hydrogen) atoms. The summed E-state index contributed by atoms with van der Waals surface area (Å²) < 4.78 is 0.943. The van der Waals surface area contributed by atoms with Crippen LogP contribution in [0, 0.1) is 0 Å². The van der Waals surface area contributed by atoms with Crippen LogP contribution < -0.4 is 5.73 Å². The Kier molecular flexibility index (Phi) is 4.17. The molecule has 0 saturated heterocycles. The maximum atomic E-state index is 11.0. The van der Waals surface area contributed by atoms with Gasteiger partial charge in [0, 0.05) is 28.0 Å². The molecule has 5 heteroatoms. The van der Waals surface area contributed by atoms with Crippen molar-refractivity contribution < 1.29 is 9.90 Å². The molecule has 0 radical (unpaired) electrons. The third-order valence-electron chi connectivity index (χ3n) is 3.18. The Morgan fingerprint density at radius 2 is 2.21 bits per heavy atom. The van der Waals surface area contributed by atoms with E-state index in [4.69, 9.17) is 10.8 Å². The van der Waals surface area contributed by atoms with Crippen LogP contribution >= 0.6 is 15.9 Å². The number of hydrogen-bond donors (Lipinski definition) is 2. The zero-order chi connectivity index (χ0) is 14.0. The van der Waals surface area contributed by atoms with Gasteiger partial charge in [-0.3, -0.25) is 9.78 Å². The maximum Gasteiger partial charge on any atom is 0.304 e. The van der Waals surface area contributed by atoms with Crippen molar-refractivity contribution in [3.8, 4) is 0 Å². The molecule has 1 aromatic carbocycles. The van der Waals surface area contributed by atoms with Crippen LogP contribution in [0.2, 0.25) is 0 Å². The predicted molar refractivity (Wildman–Crippen MR) is 78.1 cm³/mol. The van der Waals surface area contributed by atoms with Gasteiger partial charge in [-0.15, -0.1) is 0 Å². The molecule has 0 bridgehead atoms. The number of hydrogen-bond acceptors (Lipinski definition) is 3. The number of pyridine rings is 1. The molecule has 2 atom stereocenters. The van der Waals surface area contributed by atoms with Gasteiger partial charge in [0.15, 0.2) is 0 Å². The number of aliphatic carboxylic acids is 1. The van der Waals surface area contributed by atoms with Crippen LogP contribution in [0.15, 0.2) is 34.9 Å². The molecule has 3 N–H and O–H groups in total. The standard InChI is InChI=1S/C14H15BrN2O2/c1-8(16)11(7-13(18)19)9-4-5-12(15)10-3-2-6-17-14(9)10/h2-6,8,11H,7,16H2,1H3,(H,18,19). The Morgan fingerprint density at radius 1 is 1.47 bits per heavy atom. The third-order valence-corrected chi connectivity index (χ3v) is 3.87. The maximum absolute atomic E-state index is 11.0.